The third-order valence-electron chi connectivity index (χ3n) is 3.00. The number of hydrogen-bond acceptors (Lipinski definition) is 5. The second-order valence-electron chi connectivity index (χ2n) is 4.55. The van der Waals surface area contributed by atoms with Gasteiger partial charge < -0.3 is 19.7 Å². The fourth-order valence-electron chi connectivity index (χ4n) is 2.04. The van der Waals surface area contributed by atoms with E-state index in [0.717, 1.165) is 43.1 Å². The summed E-state index contributed by atoms with van der Waals surface area (Å²) in [6.45, 7) is 9.27. The number of nitrogens with one attached hydrogen (secondary N) is 1. The standard InChI is InChI=1S/C15H26BrN3O2/c1-4-20-8-6-19(7-9-21-5-2)15-13(11-17-3)10-14(16)12-18-15/h10,12,17H,4-9,11H2,1-3H3. The van der Waals surface area contributed by atoms with E-state index in [-0.39, 0.29) is 0 Å². The van der Waals surface area contributed by atoms with Gasteiger partial charge >= 0.3 is 0 Å². The van der Waals surface area contributed by atoms with Gasteiger partial charge in [-0.25, -0.2) is 4.98 Å². The second-order valence-corrected chi connectivity index (χ2v) is 5.46. The highest BCUT2D eigenvalue weighted by atomic mass is 79.9. The lowest BCUT2D eigenvalue weighted by atomic mass is 10.2. The molecule has 0 radical (unpaired) electrons. The van der Waals surface area contributed by atoms with Crippen molar-refractivity contribution in [1.29, 1.82) is 0 Å². The van der Waals surface area contributed by atoms with E-state index in [0.29, 0.717) is 13.2 Å². The average molecular weight is 360 g/mol. The Balaban J connectivity index is 2.83. The number of rotatable bonds is 11. The van der Waals surface area contributed by atoms with Crippen LogP contribution < -0.4 is 10.2 Å². The molecule has 0 saturated carbocycles. The maximum absolute atomic E-state index is 5.48. The molecule has 1 N–H and O–H groups in total. The van der Waals surface area contributed by atoms with Crippen LogP contribution in [0.5, 0.6) is 0 Å². The SMILES string of the molecule is CCOCCN(CCOCC)c1ncc(Br)cc1CNC. The van der Waals surface area contributed by atoms with E-state index in [9.17, 15) is 0 Å². The van der Waals surface area contributed by atoms with Crippen LogP contribution in [0.1, 0.15) is 19.4 Å². The molecular weight excluding hydrogens is 334 g/mol. The van der Waals surface area contributed by atoms with Crippen LogP contribution in [-0.2, 0) is 16.0 Å². The monoisotopic (exact) mass is 359 g/mol. The van der Waals surface area contributed by atoms with Crippen molar-refractivity contribution < 1.29 is 9.47 Å². The van der Waals surface area contributed by atoms with Gasteiger partial charge in [0.2, 0.25) is 0 Å². The summed E-state index contributed by atoms with van der Waals surface area (Å²) in [4.78, 5) is 6.81. The van der Waals surface area contributed by atoms with Gasteiger partial charge in [-0.1, -0.05) is 0 Å². The fraction of sp³-hybridized carbons (Fsp3) is 0.667. The van der Waals surface area contributed by atoms with E-state index >= 15 is 0 Å². The molecular formula is C15H26BrN3O2. The molecule has 6 heteroatoms. The first kappa shape index (κ1) is 18.4. The summed E-state index contributed by atoms with van der Waals surface area (Å²) in [5.41, 5.74) is 1.17. The zero-order valence-electron chi connectivity index (χ0n) is 13.2. The largest absolute Gasteiger partial charge is 0.380 e. The van der Waals surface area contributed by atoms with Gasteiger partial charge in [-0.05, 0) is 42.9 Å². The van der Waals surface area contributed by atoms with Gasteiger partial charge in [0, 0.05) is 49.1 Å². The Hall–Kier alpha value is -0.690. The fourth-order valence-corrected chi connectivity index (χ4v) is 2.42. The highest BCUT2D eigenvalue weighted by Gasteiger charge is 2.13. The summed E-state index contributed by atoms with van der Waals surface area (Å²) in [6.07, 6.45) is 1.84. The van der Waals surface area contributed by atoms with Crippen LogP contribution >= 0.6 is 15.9 Å². The molecule has 1 rings (SSSR count). The predicted octanol–water partition coefficient (Wildman–Crippen LogP) is 2.44. The van der Waals surface area contributed by atoms with E-state index in [4.69, 9.17) is 9.47 Å². The van der Waals surface area contributed by atoms with Crippen LogP contribution in [0, 0.1) is 0 Å². The third-order valence-corrected chi connectivity index (χ3v) is 3.43. The molecule has 0 fully saturated rings. The van der Waals surface area contributed by atoms with Crippen LogP contribution in [0.3, 0.4) is 0 Å². The molecule has 21 heavy (non-hydrogen) atoms. The summed E-state index contributed by atoms with van der Waals surface area (Å²) in [7, 11) is 1.94. The van der Waals surface area contributed by atoms with Gasteiger partial charge in [0.1, 0.15) is 5.82 Å². The van der Waals surface area contributed by atoms with Crippen molar-refractivity contribution in [3.05, 3.63) is 22.3 Å². The highest BCUT2D eigenvalue weighted by Crippen LogP contribution is 2.21. The average Bonchev–Trinajstić information content (AvgIpc) is 2.47. The first-order chi connectivity index (χ1) is 10.2. The molecule has 0 aromatic carbocycles. The van der Waals surface area contributed by atoms with E-state index in [2.05, 4.69) is 37.2 Å². The maximum Gasteiger partial charge on any atom is 0.133 e. The molecule has 1 aromatic heterocycles. The summed E-state index contributed by atoms with van der Waals surface area (Å²) >= 11 is 3.48. The Labute approximate surface area is 136 Å². The van der Waals surface area contributed by atoms with Crippen LogP contribution in [-0.4, -0.2) is 51.5 Å². The number of nitrogens with zero attached hydrogens (tertiary/aromatic N) is 2. The Bertz CT molecular complexity index is 395. The second kappa shape index (κ2) is 11.0. The Morgan fingerprint density at radius 2 is 1.81 bits per heavy atom. The summed E-state index contributed by atoms with van der Waals surface area (Å²) < 4.78 is 12.0. The van der Waals surface area contributed by atoms with Crippen molar-refractivity contribution in [2.45, 2.75) is 20.4 Å². The van der Waals surface area contributed by atoms with Gasteiger partial charge in [-0.15, -0.1) is 0 Å². The van der Waals surface area contributed by atoms with Gasteiger partial charge in [0.15, 0.2) is 0 Å². The molecule has 0 aliphatic rings. The van der Waals surface area contributed by atoms with Crippen LogP contribution in [0.4, 0.5) is 5.82 Å². The smallest absolute Gasteiger partial charge is 0.133 e. The van der Waals surface area contributed by atoms with Crippen molar-refractivity contribution in [3.8, 4) is 0 Å². The molecule has 1 heterocycles. The lowest BCUT2D eigenvalue weighted by Crippen LogP contribution is -2.33. The molecule has 0 saturated heterocycles. The van der Waals surface area contributed by atoms with Crippen LogP contribution in [0.15, 0.2) is 16.7 Å². The molecule has 0 spiro atoms. The lowest BCUT2D eigenvalue weighted by molar-refractivity contribution is 0.141. The summed E-state index contributed by atoms with van der Waals surface area (Å²) in [5.74, 6) is 0.993. The Morgan fingerprint density at radius 1 is 1.19 bits per heavy atom. The predicted molar refractivity (Wildman–Crippen MR) is 89.9 cm³/mol. The first-order valence-corrected chi connectivity index (χ1v) is 8.21. The minimum absolute atomic E-state index is 0.694. The van der Waals surface area contributed by atoms with Crippen molar-refractivity contribution in [3.63, 3.8) is 0 Å². The van der Waals surface area contributed by atoms with Gasteiger partial charge in [-0.2, -0.15) is 0 Å². The van der Waals surface area contributed by atoms with E-state index in [1.165, 1.54) is 5.56 Å². The normalized spacial score (nSPS) is 10.9. The Kier molecular flexibility index (Phi) is 9.58. The van der Waals surface area contributed by atoms with Crippen LogP contribution in [0.25, 0.3) is 0 Å². The van der Waals surface area contributed by atoms with E-state index in [1.807, 2.05) is 27.1 Å². The number of halogens is 1. The zero-order valence-corrected chi connectivity index (χ0v) is 14.8. The molecule has 0 amide bonds. The quantitative estimate of drug-likeness (QED) is 0.615. The lowest BCUT2D eigenvalue weighted by Gasteiger charge is -2.26. The Morgan fingerprint density at radius 3 is 2.33 bits per heavy atom. The molecule has 0 aliphatic carbocycles. The van der Waals surface area contributed by atoms with E-state index < -0.39 is 0 Å². The van der Waals surface area contributed by atoms with Gasteiger partial charge in [0.05, 0.1) is 13.2 Å². The maximum atomic E-state index is 5.48. The van der Waals surface area contributed by atoms with Gasteiger partial charge in [0.25, 0.3) is 0 Å². The van der Waals surface area contributed by atoms with Crippen molar-refractivity contribution in [2.24, 2.45) is 0 Å². The highest BCUT2D eigenvalue weighted by molar-refractivity contribution is 9.10. The van der Waals surface area contributed by atoms with E-state index in [1.54, 1.807) is 0 Å². The molecule has 0 unspecified atom stereocenters. The van der Waals surface area contributed by atoms with Crippen molar-refractivity contribution in [2.75, 3.05) is 51.5 Å². The van der Waals surface area contributed by atoms with Gasteiger partial charge in [-0.3, -0.25) is 0 Å². The van der Waals surface area contributed by atoms with Crippen LogP contribution in [0.2, 0.25) is 0 Å². The molecule has 5 nitrogen and oxygen atoms in total. The third kappa shape index (κ3) is 6.74. The zero-order chi connectivity index (χ0) is 15.5. The molecule has 0 atom stereocenters. The summed E-state index contributed by atoms with van der Waals surface area (Å²) in [5, 5.41) is 3.19. The molecule has 0 aliphatic heterocycles. The number of aromatic nitrogens is 1. The number of anilines is 1. The minimum Gasteiger partial charge on any atom is -0.380 e. The number of hydrogen-bond donors (Lipinski definition) is 1. The molecule has 0 bridgehead atoms. The number of pyridine rings is 1. The summed E-state index contributed by atoms with van der Waals surface area (Å²) in [6, 6.07) is 2.10. The van der Waals surface area contributed by atoms with Crippen molar-refractivity contribution >= 4 is 21.7 Å². The molecule has 1 aromatic rings. The topological polar surface area (TPSA) is 46.6 Å². The minimum atomic E-state index is 0.694. The van der Waals surface area contributed by atoms with Crippen molar-refractivity contribution in [1.82, 2.24) is 10.3 Å². The number of ether oxygens (including phenoxy) is 2. The first-order valence-electron chi connectivity index (χ1n) is 7.42. The molecule has 120 valence electrons.